The van der Waals surface area contributed by atoms with Gasteiger partial charge < -0.3 is 5.32 Å². The zero-order chi connectivity index (χ0) is 9.84. The van der Waals surface area contributed by atoms with Crippen LogP contribution in [0.15, 0.2) is 12.2 Å². The number of imide groups is 1. The zero-order valence-corrected chi connectivity index (χ0v) is 7.24. The largest absolute Gasteiger partial charge is 0.359 e. The van der Waals surface area contributed by atoms with Gasteiger partial charge in [-0.2, -0.15) is 0 Å². The van der Waals surface area contributed by atoms with Crippen LogP contribution in [0.5, 0.6) is 0 Å². The molecule has 1 N–H and O–H groups in total. The summed E-state index contributed by atoms with van der Waals surface area (Å²) in [6, 6.07) is 0. The summed E-state index contributed by atoms with van der Waals surface area (Å²) >= 11 is 0. The normalized spacial score (nSPS) is 15.3. The zero-order valence-electron chi connectivity index (χ0n) is 7.24. The third-order valence-electron chi connectivity index (χ3n) is 1.74. The number of nitrogens with zero attached hydrogens (tertiary/aromatic N) is 1. The molecule has 13 heavy (non-hydrogen) atoms. The van der Waals surface area contributed by atoms with E-state index in [-0.39, 0.29) is 30.7 Å². The van der Waals surface area contributed by atoms with Crippen molar-refractivity contribution in [1.29, 1.82) is 0 Å². The molecule has 0 unspecified atom stereocenters. The molecule has 0 aliphatic carbocycles. The number of hydrogen-bond acceptors (Lipinski definition) is 3. The molecule has 1 aliphatic heterocycles. The topological polar surface area (TPSA) is 66.5 Å². The van der Waals surface area contributed by atoms with Crippen LogP contribution in [0.1, 0.15) is 6.42 Å². The summed E-state index contributed by atoms with van der Waals surface area (Å²) in [5.74, 6) is -0.893. The molecule has 1 aliphatic rings. The molecule has 5 nitrogen and oxygen atoms in total. The Bertz CT molecular complexity index is 265. The first-order chi connectivity index (χ1) is 6.15. The molecule has 0 spiro atoms. The number of nitrogens with one attached hydrogen (secondary N) is 1. The summed E-state index contributed by atoms with van der Waals surface area (Å²) in [5, 5.41) is 2.41. The van der Waals surface area contributed by atoms with Crippen molar-refractivity contribution < 1.29 is 14.4 Å². The second kappa shape index (κ2) is 3.84. The van der Waals surface area contributed by atoms with Crippen LogP contribution >= 0.6 is 0 Å². The van der Waals surface area contributed by atoms with Crippen LogP contribution in [-0.4, -0.2) is 36.2 Å². The van der Waals surface area contributed by atoms with Crippen molar-refractivity contribution in [3.05, 3.63) is 12.2 Å². The van der Waals surface area contributed by atoms with Gasteiger partial charge in [0.15, 0.2) is 0 Å². The molecule has 1 rings (SSSR count). The summed E-state index contributed by atoms with van der Waals surface area (Å²) in [7, 11) is 1.51. The van der Waals surface area contributed by atoms with Crippen LogP contribution in [0, 0.1) is 0 Å². The highest BCUT2D eigenvalue weighted by Gasteiger charge is 2.23. The van der Waals surface area contributed by atoms with Gasteiger partial charge in [0.25, 0.3) is 11.8 Å². The van der Waals surface area contributed by atoms with Crippen molar-refractivity contribution in [2.24, 2.45) is 0 Å². The van der Waals surface area contributed by atoms with Crippen molar-refractivity contribution in [1.82, 2.24) is 10.2 Å². The fraction of sp³-hybridized carbons (Fsp3) is 0.375. The summed E-state index contributed by atoms with van der Waals surface area (Å²) in [6.45, 7) is 0.143. The van der Waals surface area contributed by atoms with E-state index in [9.17, 15) is 14.4 Å². The van der Waals surface area contributed by atoms with Gasteiger partial charge in [-0.05, 0) is 0 Å². The molecule has 0 saturated heterocycles. The lowest BCUT2D eigenvalue weighted by atomic mass is 10.3. The fourth-order valence-corrected chi connectivity index (χ4v) is 0.990. The van der Waals surface area contributed by atoms with E-state index < -0.39 is 0 Å². The number of hydrogen-bond donors (Lipinski definition) is 1. The molecule has 0 fully saturated rings. The Balaban J connectivity index is 2.42. The van der Waals surface area contributed by atoms with Crippen molar-refractivity contribution in [3.8, 4) is 0 Å². The quantitative estimate of drug-likeness (QED) is 0.572. The molecular weight excluding hydrogens is 172 g/mol. The molecule has 0 saturated carbocycles. The molecule has 1 heterocycles. The summed E-state index contributed by atoms with van der Waals surface area (Å²) in [6.07, 6.45) is 2.55. The second-order valence-corrected chi connectivity index (χ2v) is 2.58. The first kappa shape index (κ1) is 9.44. The SMILES string of the molecule is CNC(=O)CCN1C(=O)C=CC1=O. The lowest BCUT2D eigenvalue weighted by Gasteiger charge is -2.12. The molecule has 0 aromatic heterocycles. The van der Waals surface area contributed by atoms with E-state index in [1.54, 1.807) is 0 Å². The van der Waals surface area contributed by atoms with E-state index in [2.05, 4.69) is 5.32 Å². The lowest BCUT2D eigenvalue weighted by Crippen LogP contribution is -2.33. The van der Waals surface area contributed by atoms with E-state index >= 15 is 0 Å². The Morgan fingerprint density at radius 3 is 2.38 bits per heavy atom. The highest BCUT2D eigenvalue weighted by atomic mass is 16.2. The maximum absolute atomic E-state index is 11.0. The number of carbonyl (C=O) groups excluding carboxylic acids is 3. The maximum atomic E-state index is 11.0. The first-order valence-electron chi connectivity index (χ1n) is 3.89. The van der Waals surface area contributed by atoms with Crippen LogP contribution in [0.25, 0.3) is 0 Å². The van der Waals surface area contributed by atoms with E-state index in [0.717, 1.165) is 4.90 Å². The van der Waals surface area contributed by atoms with Gasteiger partial charge in [0.1, 0.15) is 0 Å². The van der Waals surface area contributed by atoms with Crippen molar-refractivity contribution >= 4 is 17.7 Å². The van der Waals surface area contributed by atoms with E-state index in [1.165, 1.54) is 19.2 Å². The van der Waals surface area contributed by atoms with Gasteiger partial charge in [-0.15, -0.1) is 0 Å². The van der Waals surface area contributed by atoms with Crippen LogP contribution < -0.4 is 5.32 Å². The molecule has 0 bridgehead atoms. The van der Waals surface area contributed by atoms with Gasteiger partial charge in [-0.25, -0.2) is 0 Å². The smallest absolute Gasteiger partial charge is 0.253 e. The predicted molar refractivity (Wildman–Crippen MR) is 44.5 cm³/mol. The summed E-state index contributed by atoms with van der Waals surface area (Å²) in [5.41, 5.74) is 0. The third-order valence-corrected chi connectivity index (χ3v) is 1.74. The minimum Gasteiger partial charge on any atom is -0.359 e. The molecule has 0 aromatic carbocycles. The van der Waals surface area contributed by atoms with Gasteiger partial charge in [-0.3, -0.25) is 19.3 Å². The number of carbonyl (C=O) groups is 3. The van der Waals surface area contributed by atoms with Crippen molar-refractivity contribution in [2.75, 3.05) is 13.6 Å². The van der Waals surface area contributed by atoms with Crippen molar-refractivity contribution in [2.45, 2.75) is 6.42 Å². The Kier molecular flexibility index (Phi) is 2.79. The van der Waals surface area contributed by atoms with Gasteiger partial charge in [0.05, 0.1) is 0 Å². The van der Waals surface area contributed by atoms with Gasteiger partial charge >= 0.3 is 0 Å². The molecule has 0 radical (unpaired) electrons. The minimum absolute atomic E-state index is 0.143. The van der Waals surface area contributed by atoms with Crippen LogP contribution in [0.4, 0.5) is 0 Å². The highest BCUT2D eigenvalue weighted by molar-refractivity contribution is 6.13. The van der Waals surface area contributed by atoms with Gasteiger partial charge in [0.2, 0.25) is 5.91 Å². The molecule has 5 heteroatoms. The maximum Gasteiger partial charge on any atom is 0.253 e. The Morgan fingerprint density at radius 1 is 1.38 bits per heavy atom. The molecule has 0 atom stereocenters. The van der Waals surface area contributed by atoms with E-state index in [0.29, 0.717) is 0 Å². The number of rotatable bonds is 3. The van der Waals surface area contributed by atoms with E-state index in [4.69, 9.17) is 0 Å². The second-order valence-electron chi connectivity index (χ2n) is 2.58. The van der Waals surface area contributed by atoms with Gasteiger partial charge in [0, 0.05) is 32.2 Å². The first-order valence-corrected chi connectivity index (χ1v) is 3.89. The average molecular weight is 182 g/mol. The Labute approximate surface area is 75.4 Å². The average Bonchev–Trinajstić information content (AvgIpc) is 2.43. The monoisotopic (exact) mass is 182 g/mol. The van der Waals surface area contributed by atoms with Gasteiger partial charge in [-0.1, -0.05) is 0 Å². The van der Waals surface area contributed by atoms with Crippen LogP contribution in [-0.2, 0) is 14.4 Å². The predicted octanol–water partition coefficient (Wildman–Crippen LogP) is -0.953. The Morgan fingerprint density at radius 2 is 1.92 bits per heavy atom. The third kappa shape index (κ3) is 2.14. The highest BCUT2D eigenvalue weighted by Crippen LogP contribution is 2.03. The lowest BCUT2D eigenvalue weighted by molar-refractivity contribution is -0.137. The Hall–Kier alpha value is -1.65. The summed E-state index contributed by atoms with van der Waals surface area (Å²) in [4.78, 5) is 33.8. The van der Waals surface area contributed by atoms with E-state index in [1.807, 2.05) is 0 Å². The molecule has 0 aromatic rings. The molecule has 70 valence electrons. The number of amides is 3. The fourth-order valence-electron chi connectivity index (χ4n) is 0.990. The molecule has 3 amide bonds. The summed E-state index contributed by atoms with van der Waals surface area (Å²) < 4.78 is 0. The standard InChI is InChI=1S/C8H10N2O3/c1-9-6(11)4-5-10-7(12)2-3-8(10)13/h2-3H,4-5H2,1H3,(H,9,11). The molecular formula is C8H10N2O3. The van der Waals surface area contributed by atoms with Crippen LogP contribution in [0.3, 0.4) is 0 Å². The van der Waals surface area contributed by atoms with Crippen molar-refractivity contribution in [3.63, 3.8) is 0 Å². The van der Waals surface area contributed by atoms with Crippen LogP contribution in [0.2, 0.25) is 0 Å². The minimum atomic E-state index is -0.353.